The predicted octanol–water partition coefficient (Wildman–Crippen LogP) is 1.12. The summed E-state index contributed by atoms with van der Waals surface area (Å²) in [6.45, 7) is 1.77. The highest BCUT2D eigenvalue weighted by molar-refractivity contribution is 7.17. The highest BCUT2D eigenvalue weighted by Gasteiger charge is 2.15. The fourth-order valence-corrected chi connectivity index (χ4v) is 2.22. The van der Waals surface area contributed by atoms with Crippen molar-refractivity contribution in [3.8, 4) is 10.7 Å². The molecule has 0 aliphatic carbocycles. The maximum atomic E-state index is 11.4. The number of hydrogen-bond donors (Lipinski definition) is 2. The van der Waals surface area contributed by atoms with Gasteiger partial charge in [-0.3, -0.25) is 15.2 Å². The Bertz CT molecular complexity index is 509. The van der Waals surface area contributed by atoms with E-state index < -0.39 is 0 Å². The molecule has 2 aromatic heterocycles. The molecule has 0 bridgehead atoms. The lowest BCUT2D eigenvalue weighted by molar-refractivity contribution is 0.0957. The van der Waals surface area contributed by atoms with Gasteiger partial charge in [0.25, 0.3) is 5.91 Å². The molecule has 0 atom stereocenters. The van der Waals surface area contributed by atoms with Gasteiger partial charge in [-0.15, -0.1) is 11.3 Å². The summed E-state index contributed by atoms with van der Waals surface area (Å²) in [5, 5.41) is 0.719. The van der Waals surface area contributed by atoms with E-state index in [4.69, 9.17) is 5.84 Å². The number of nitrogens with zero attached hydrogens (tertiary/aromatic N) is 2. The number of hydrazine groups is 1. The van der Waals surface area contributed by atoms with Crippen molar-refractivity contribution in [3.05, 3.63) is 35.0 Å². The van der Waals surface area contributed by atoms with Gasteiger partial charge in [-0.1, -0.05) is 6.07 Å². The van der Waals surface area contributed by atoms with E-state index in [9.17, 15) is 4.79 Å². The second-order valence-electron chi connectivity index (χ2n) is 3.12. The van der Waals surface area contributed by atoms with Crippen LogP contribution in [0.5, 0.6) is 0 Å². The highest BCUT2D eigenvalue weighted by atomic mass is 32.1. The number of carbonyl (C=O) groups is 1. The van der Waals surface area contributed by atoms with Crippen LogP contribution in [0.4, 0.5) is 0 Å². The average molecular weight is 234 g/mol. The zero-order chi connectivity index (χ0) is 11.5. The quantitative estimate of drug-likeness (QED) is 0.463. The fraction of sp³-hybridized carbons (Fsp3) is 0.100. The van der Waals surface area contributed by atoms with E-state index in [1.165, 1.54) is 11.3 Å². The molecular formula is C10H10N4OS. The fourth-order valence-electron chi connectivity index (χ4n) is 1.27. The lowest BCUT2D eigenvalue weighted by Crippen LogP contribution is -2.29. The van der Waals surface area contributed by atoms with E-state index in [1.54, 1.807) is 13.1 Å². The number of carbonyl (C=O) groups excluding carboxylic acids is 1. The molecule has 1 amide bonds. The average Bonchev–Trinajstić information content (AvgIpc) is 2.71. The van der Waals surface area contributed by atoms with Crippen molar-refractivity contribution < 1.29 is 4.79 Å². The van der Waals surface area contributed by atoms with Gasteiger partial charge in [-0.2, -0.15) is 0 Å². The molecule has 0 aliphatic rings. The van der Waals surface area contributed by atoms with Gasteiger partial charge in [0.15, 0.2) is 0 Å². The number of aromatic nitrogens is 2. The van der Waals surface area contributed by atoms with Crippen LogP contribution in [0.25, 0.3) is 10.7 Å². The molecule has 2 aromatic rings. The molecule has 0 aromatic carbocycles. The Balaban J connectivity index is 2.42. The number of amides is 1. The van der Waals surface area contributed by atoms with E-state index in [1.807, 2.05) is 18.2 Å². The normalized spacial score (nSPS) is 10.1. The number of aryl methyl sites for hydroxylation is 1. The lowest BCUT2D eigenvalue weighted by Gasteiger charge is -1.93. The van der Waals surface area contributed by atoms with E-state index in [2.05, 4.69) is 15.4 Å². The summed E-state index contributed by atoms with van der Waals surface area (Å²) in [7, 11) is 0. The summed E-state index contributed by atoms with van der Waals surface area (Å²) >= 11 is 1.28. The van der Waals surface area contributed by atoms with Crippen molar-refractivity contribution >= 4 is 17.2 Å². The second-order valence-corrected chi connectivity index (χ2v) is 4.12. The number of hydrogen-bond acceptors (Lipinski definition) is 5. The van der Waals surface area contributed by atoms with Gasteiger partial charge in [-0.25, -0.2) is 10.8 Å². The molecule has 5 nitrogen and oxygen atoms in total. The van der Waals surface area contributed by atoms with Gasteiger partial charge in [0.05, 0.1) is 11.4 Å². The zero-order valence-corrected chi connectivity index (χ0v) is 9.41. The summed E-state index contributed by atoms with van der Waals surface area (Å²) in [6.07, 6.45) is 1.69. The molecule has 2 heterocycles. The number of nitrogen functional groups attached to an aromatic ring is 1. The van der Waals surface area contributed by atoms with Crippen LogP contribution in [0, 0.1) is 6.92 Å². The van der Waals surface area contributed by atoms with Crippen molar-refractivity contribution in [2.45, 2.75) is 6.92 Å². The third-order valence-corrected chi connectivity index (χ3v) is 3.20. The van der Waals surface area contributed by atoms with Crippen LogP contribution >= 0.6 is 11.3 Å². The molecule has 6 heteroatoms. The molecule has 82 valence electrons. The maximum Gasteiger partial charge on any atom is 0.277 e. The van der Waals surface area contributed by atoms with Crippen molar-refractivity contribution in [1.82, 2.24) is 15.4 Å². The lowest BCUT2D eigenvalue weighted by atomic mass is 10.3. The Labute approximate surface area is 96.3 Å². The topological polar surface area (TPSA) is 80.9 Å². The van der Waals surface area contributed by atoms with Gasteiger partial charge < -0.3 is 0 Å². The SMILES string of the molecule is Cc1nc(-c2ccccn2)sc1C(=O)NN. The summed E-state index contributed by atoms with van der Waals surface area (Å²) in [5.74, 6) is 4.76. The minimum atomic E-state index is -0.322. The Morgan fingerprint density at radius 1 is 1.50 bits per heavy atom. The van der Waals surface area contributed by atoms with Crippen molar-refractivity contribution in [1.29, 1.82) is 0 Å². The van der Waals surface area contributed by atoms with Crippen molar-refractivity contribution in [2.24, 2.45) is 5.84 Å². The van der Waals surface area contributed by atoms with Crippen LogP contribution in [0.2, 0.25) is 0 Å². The molecule has 16 heavy (non-hydrogen) atoms. The molecule has 2 rings (SSSR count). The highest BCUT2D eigenvalue weighted by Crippen LogP contribution is 2.25. The molecular weight excluding hydrogens is 224 g/mol. The number of nitrogens with one attached hydrogen (secondary N) is 1. The first-order chi connectivity index (χ1) is 7.72. The number of thiazole rings is 1. The molecule has 3 N–H and O–H groups in total. The maximum absolute atomic E-state index is 11.4. The van der Waals surface area contributed by atoms with Gasteiger partial charge >= 0.3 is 0 Å². The molecule has 0 saturated carbocycles. The third-order valence-electron chi connectivity index (χ3n) is 2.02. The number of rotatable bonds is 2. The minimum Gasteiger partial charge on any atom is -0.289 e. The van der Waals surface area contributed by atoms with Crippen molar-refractivity contribution in [2.75, 3.05) is 0 Å². The summed E-state index contributed by atoms with van der Waals surface area (Å²) < 4.78 is 0. The smallest absolute Gasteiger partial charge is 0.277 e. The summed E-state index contributed by atoms with van der Waals surface area (Å²) in [5.41, 5.74) is 3.51. The Morgan fingerprint density at radius 3 is 2.94 bits per heavy atom. The minimum absolute atomic E-state index is 0.322. The van der Waals surface area contributed by atoms with Gasteiger partial charge in [-0.05, 0) is 19.1 Å². The van der Waals surface area contributed by atoms with Gasteiger partial charge in [0.2, 0.25) is 0 Å². The Morgan fingerprint density at radius 2 is 2.31 bits per heavy atom. The zero-order valence-electron chi connectivity index (χ0n) is 8.60. The molecule has 0 fully saturated rings. The molecule has 0 radical (unpaired) electrons. The van der Waals surface area contributed by atoms with E-state index in [0.717, 1.165) is 10.7 Å². The summed E-state index contributed by atoms with van der Waals surface area (Å²) in [6, 6.07) is 5.56. The molecule has 0 saturated heterocycles. The predicted molar refractivity (Wildman–Crippen MR) is 61.7 cm³/mol. The first-order valence-corrected chi connectivity index (χ1v) is 5.44. The standard InChI is InChI=1S/C10H10N4OS/c1-6-8(9(15)14-11)16-10(13-6)7-4-2-3-5-12-7/h2-5H,11H2,1H3,(H,14,15). The van der Waals surface area contributed by atoms with Crippen LogP contribution in [-0.2, 0) is 0 Å². The summed E-state index contributed by atoms with van der Waals surface area (Å²) in [4.78, 5) is 20.4. The monoisotopic (exact) mass is 234 g/mol. The van der Waals surface area contributed by atoms with Crippen LogP contribution in [-0.4, -0.2) is 15.9 Å². The molecule has 0 aliphatic heterocycles. The third kappa shape index (κ3) is 1.93. The first-order valence-electron chi connectivity index (χ1n) is 4.62. The first kappa shape index (κ1) is 10.7. The second kappa shape index (κ2) is 4.38. The van der Waals surface area contributed by atoms with E-state index >= 15 is 0 Å². The van der Waals surface area contributed by atoms with Crippen LogP contribution in [0.15, 0.2) is 24.4 Å². The molecule has 0 spiro atoms. The van der Waals surface area contributed by atoms with Gasteiger partial charge in [0.1, 0.15) is 9.88 Å². The number of pyridine rings is 1. The van der Waals surface area contributed by atoms with Gasteiger partial charge in [0, 0.05) is 6.20 Å². The largest absolute Gasteiger partial charge is 0.289 e. The van der Waals surface area contributed by atoms with Crippen molar-refractivity contribution in [3.63, 3.8) is 0 Å². The van der Waals surface area contributed by atoms with Crippen LogP contribution < -0.4 is 11.3 Å². The Kier molecular flexibility index (Phi) is 2.93. The van der Waals surface area contributed by atoms with Crippen LogP contribution in [0.3, 0.4) is 0 Å². The van der Waals surface area contributed by atoms with E-state index in [0.29, 0.717) is 10.6 Å². The molecule has 0 unspecified atom stereocenters. The number of nitrogens with two attached hydrogens (primary N) is 1. The van der Waals surface area contributed by atoms with E-state index in [-0.39, 0.29) is 5.91 Å². The van der Waals surface area contributed by atoms with Crippen LogP contribution in [0.1, 0.15) is 15.4 Å². The Hall–Kier alpha value is -1.79.